The van der Waals surface area contributed by atoms with Gasteiger partial charge in [0.15, 0.2) is 0 Å². The van der Waals surface area contributed by atoms with Crippen molar-refractivity contribution in [1.29, 1.82) is 0 Å². The molecule has 0 radical (unpaired) electrons. The first kappa shape index (κ1) is 11.4. The standard InChI is InChI=1S/C9H20N2O/c1-4-6-7(3)11-9(12)8(10)5-2/h7-8H,4-6,10H2,1-3H3,(H,11,12)/t7?,8-/m0/s1. The molecule has 1 amide bonds. The molecule has 0 aliphatic heterocycles. The van der Waals surface area contributed by atoms with Crippen LogP contribution in [0.5, 0.6) is 0 Å². The van der Waals surface area contributed by atoms with Crippen molar-refractivity contribution >= 4 is 5.91 Å². The summed E-state index contributed by atoms with van der Waals surface area (Å²) in [5, 5.41) is 2.87. The minimum absolute atomic E-state index is 0.0292. The number of carbonyl (C=O) groups excluding carboxylic acids is 1. The van der Waals surface area contributed by atoms with Gasteiger partial charge in [-0.1, -0.05) is 20.3 Å². The molecule has 0 aliphatic rings. The second-order valence-electron chi connectivity index (χ2n) is 3.21. The fourth-order valence-electron chi connectivity index (χ4n) is 1.04. The zero-order valence-electron chi connectivity index (χ0n) is 8.26. The van der Waals surface area contributed by atoms with Crippen LogP contribution >= 0.6 is 0 Å². The third kappa shape index (κ3) is 4.34. The highest BCUT2D eigenvalue weighted by Crippen LogP contribution is 1.95. The SMILES string of the molecule is CCCC(C)NC(=O)[C@@H](N)CC. The van der Waals surface area contributed by atoms with Crippen LogP contribution in [0.1, 0.15) is 40.0 Å². The van der Waals surface area contributed by atoms with Gasteiger partial charge in [0, 0.05) is 6.04 Å². The molecule has 72 valence electrons. The molecule has 0 heterocycles. The Balaban J connectivity index is 3.67. The van der Waals surface area contributed by atoms with E-state index in [4.69, 9.17) is 5.73 Å². The highest BCUT2D eigenvalue weighted by molar-refractivity contribution is 5.81. The van der Waals surface area contributed by atoms with Gasteiger partial charge in [0.05, 0.1) is 6.04 Å². The van der Waals surface area contributed by atoms with E-state index < -0.39 is 0 Å². The number of nitrogens with two attached hydrogens (primary N) is 1. The smallest absolute Gasteiger partial charge is 0.237 e. The summed E-state index contributed by atoms with van der Waals surface area (Å²) in [5.74, 6) is -0.0292. The number of carbonyl (C=O) groups is 1. The number of hydrogen-bond acceptors (Lipinski definition) is 2. The second kappa shape index (κ2) is 6.00. The van der Waals surface area contributed by atoms with E-state index >= 15 is 0 Å². The summed E-state index contributed by atoms with van der Waals surface area (Å²) in [6, 6.07) is -0.0931. The maximum Gasteiger partial charge on any atom is 0.237 e. The van der Waals surface area contributed by atoms with Crippen LogP contribution in [0.15, 0.2) is 0 Å². The molecular weight excluding hydrogens is 152 g/mol. The Morgan fingerprint density at radius 1 is 1.50 bits per heavy atom. The van der Waals surface area contributed by atoms with Gasteiger partial charge in [0.25, 0.3) is 0 Å². The van der Waals surface area contributed by atoms with Crippen LogP contribution in [0.4, 0.5) is 0 Å². The summed E-state index contributed by atoms with van der Waals surface area (Å²) in [6.07, 6.45) is 2.80. The number of nitrogens with one attached hydrogen (secondary N) is 1. The molecule has 0 aromatic heterocycles. The van der Waals surface area contributed by atoms with Gasteiger partial charge in [-0.05, 0) is 19.8 Å². The summed E-state index contributed by atoms with van der Waals surface area (Å²) in [4.78, 5) is 11.2. The van der Waals surface area contributed by atoms with Gasteiger partial charge in [-0.3, -0.25) is 4.79 Å². The van der Waals surface area contributed by atoms with Crippen LogP contribution in [0.2, 0.25) is 0 Å². The van der Waals surface area contributed by atoms with Crippen molar-refractivity contribution in [2.45, 2.75) is 52.1 Å². The fourth-order valence-corrected chi connectivity index (χ4v) is 1.04. The van der Waals surface area contributed by atoms with Crippen molar-refractivity contribution < 1.29 is 4.79 Å². The highest BCUT2D eigenvalue weighted by Gasteiger charge is 2.12. The predicted octanol–water partition coefficient (Wildman–Crippen LogP) is 1.03. The van der Waals surface area contributed by atoms with E-state index in [1.807, 2.05) is 13.8 Å². The van der Waals surface area contributed by atoms with Crippen LogP contribution in [0.25, 0.3) is 0 Å². The molecule has 0 rings (SSSR count). The van der Waals surface area contributed by atoms with Crippen LogP contribution in [0, 0.1) is 0 Å². The van der Waals surface area contributed by atoms with Gasteiger partial charge in [-0.15, -0.1) is 0 Å². The summed E-state index contributed by atoms with van der Waals surface area (Å²) in [7, 11) is 0. The lowest BCUT2D eigenvalue weighted by Gasteiger charge is -2.15. The number of rotatable bonds is 5. The van der Waals surface area contributed by atoms with E-state index in [1.54, 1.807) is 0 Å². The molecule has 3 nitrogen and oxygen atoms in total. The molecule has 0 aliphatic carbocycles. The van der Waals surface area contributed by atoms with Crippen molar-refractivity contribution in [3.05, 3.63) is 0 Å². The highest BCUT2D eigenvalue weighted by atomic mass is 16.2. The van der Waals surface area contributed by atoms with E-state index in [0.29, 0.717) is 6.42 Å². The topological polar surface area (TPSA) is 55.1 Å². The largest absolute Gasteiger partial charge is 0.352 e. The Morgan fingerprint density at radius 3 is 2.50 bits per heavy atom. The van der Waals surface area contributed by atoms with E-state index in [9.17, 15) is 4.79 Å². The van der Waals surface area contributed by atoms with Crippen LogP contribution in [0.3, 0.4) is 0 Å². The van der Waals surface area contributed by atoms with E-state index in [0.717, 1.165) is 12.8 Å². The van der Waals surface area contributed by atoms with E-state index in [-0.39, 0.29) is 18.0 Å². The van der Waals surface area contributed by atoms with Crippen LogP contribution in [-0.2, 0) is 4.79 Å². The third-order valence-electron chi connectivity index (χ3n) is 1.89. The molecule has 0 aromatic rings. The summed E-state index contributed by atoms with van der Waals surface area (Å²) in [6.45, 7) is 6.01. The molecule has 0 saturated heterocycles. The summed E-state index contributed by atoms with van der Waals surface area (Å²) >= 11 is 0. The van der Waals surface area contributed by atoms with E-state index in [1.165, 1.54) is 0 Å². The lowest BCUT2D eigenvalue weighted by molar-refractivity contribution is -0.123. The van der Waals surface area contributed by atoms with Crippen LogP contribution in [-0.4, -0.2) is 18.0 Å². The van der Waals surface area contributed by atoms with Gasteiger partial charge in [0.1, 0.15) is 0 Å². The molecule has 3 N–H and O–H groups in total. The Bertz CT molecular complexity index is 136. The lowest BCUT2D eigenvalue weighted by atomic mass is 10.1. The molecule has 0 fully saturated rings. The molecule has 0 aromatic carbocycles. The van der Waals surface area contributed by atoms with Crippen molar-refractivity contribution in [1.82, 2.24) is 5.32 Å². The molecular formula is C9H20N2O. The minimum Gasteiger partial charge on any atom is -0.352 e. The van der Waals surface area contributed by atoms with Crippen molar-refractivity contribution in [3.63, 3.8) is 0 Å². The molecule has 0 bridgehead atoms. The van der Waals surface area contributed by atoms with Gasteiger partial charge in [-0.2, -0.15) is 0 Å². The molecule has 0 spiro atoms. The second-order valence-corrected chi connectivity index (χ2v) is 3.21. The van der Waals surface area contributed by atoms with Crippen molar-refractivity contribution in [2.75, 3.05) is 0 Å². The van der Waals surface area contributed by atoms with Crippen LogP contribution < -0.4 is 11.1 Å². The zero-order chi connectivity index (χ0) is 9.56. The lowest BCUT2D eigenvalue weighted by Crippen LogP contribution is -2.43. The summed E-state index contributed by atoms with van der Waals surface area (Å²) in [5.41, 5.74) is 5.55. The van der Waals surface area contributed by atoms with Gasteiger partial charge < -0.3 is 11.1 Å². The monoisotopic (exact) mass is 172 g/mol. The van der Waals surface area contributed by atoms with Gasteiger partial charge >= 0.3 is 0 Å². The van der Waals surface area contributed by atoms with E-state index in [2.05, 4.69) is 12.2 Å². The van der Waals surface area contributed by atoms with Gasteiger partial charge in [0.2, 0.25) is 5.91 Å². The Kier molecular flexibility index (Phi) is 5.72. The predicted molar refractivity (Wildman–Crippen MR) is 50.8 cm³/mol. The first-order valence-electron chi connectivity index (χ1n) is 4.67. The average molecular weight is 172 g/mol. The van der Waals surface area contributed by atoms with Gasteiger partial charge in [-0.25, -0.2) is 0 Å². The van der Waals surface area contributed by atoms with Crippen molar-refractivity contribution in [3.8, 4) is 0 Å². The number of amides is 1. The molecule has 2 atom stereocenters. The Morgan fingerprint density at radius 2 is 2.08 bits per heavy atom. The zero-order valence-corrected chi connectivity index (χ0v) is 8.26. The Labute approximate surface area is 74.7 Å². The molecule has 3 heteroatoms. The first-order valence-corrected chi connectivity index (χ1v) is 4.67. The Hall–Kier alpha value is -0.570. The third-order valence-corrected chi connectivity index (χ3v) is 1.89. The molecule has 12 heavy (non-hydrogen) atoms. The number of hydrogen-bond donors (Lipinski definition) is 2. The molecule has 1 unspecified atom stereocenters. The maximum absolute atomic E-state index is 11.2. The molecule has 0 saturated carbocycles. The summed E-state index contributed by atoms with van der Waals surface area (Å²) < 4.78 is 0. The fraction of sp³-hybridized carbons (Fsp3) is 0.889. The van der Waals surface area contributed by atoms with Crippen molar-refractivity contribution in [2.24, 2.45) is 5.73 Å². The first-order chi connectivity index (χ1) is 5.61. The average Bonchev–Trinajstić information content (AvgIpc) is 2.03. The minimum atomic E-state index is -0.343. The normalized spacial score (nSPS) is 15.3. The quantitative estimate of drug-likeness (QED) is 0.650. The maximum atomic E-state index is 11.2.